The molecule has 1 aromatic heterocycles. The summed E-state index contributed by atoms with van der Waals surface area (Å²) in [5.41, 5.74) is 1.36. The second-order valence-electron chi connectivity index (χ2n) is 5.67. The topological polar surface area (TPSA) is 64.2 Å². The number of carboxylic acid groups (broad SMARTS) is 1. The van der Waals surface area contributed by atoms with E-state index in [4.69, 9.17) is 0 Å². The van der Waals surface area contributed by atoms with E-state index in [0.29, 0.717) is 12.8 Å². The Labute approximate surface area is 116 Å². The largest absolute Gasteiger partial charge is 0.481 e. The van der Waals surface area contributed by atoms with E-state index in [9.17, 15) is 14.7 Å². The lowest BCUT2D eigenvalue weighted by Gasteiger charge is -2.25. The summed E-state index contributed by atoms with van der Waals surface area (Å²) in [5, 5.41) is 9.75. The van der Waals surface area contributed by atoms with Gasteiger partial charge in [-0.15, -0.1) is 0 Å². The molecule has 20 heavy (non-hydrogen) atoms. The quantitative estimate of drug-likeness (QED) is 0.907. The molecule has 3 rings (SSSR count). The van der Waals surface area contributed by atoms with Crippen LogP contribution in [0.2, 0.25) is 0 Å². The molecule has 2 aromatic rings. The van der Waals surface area contributed by atoms with Gasteiger partial charge in [0, 0.05) is 14.1 Å². The summed E-state index contributed by atoms with van der Waals surface area (Å²) in [7, 11) is 3.43. The molecular weight excluding hydrogens is 256 g/mol. The normalized spacial score (nSPS) is 17.7. The Bertz CT molecular complexity index is 748. The lowest BCUT2D eigenvalue weighted by atomic mass is 9.78. The maximum atomic E-state index is 12.1. The van der Waals surface area contributed by atoms with Gasteiger partial charge in [-0.3, -0.25) is 13.9 Å². The van der Waals surface area contributed by atoms with E-state index in [-0.39, 0.29) is 5.69 Å². The fourth-order valence-corrected chi connectivity index (χ4v) is 3.54. The highest BCUT2D eigenvalue weighted by Crippen LogP contribution is 2.43. The standard InChI is InChI=1S/C15H18N2O3/c1-16-11-7-5-6-10(12(11)17(2)14(16)20)15(13(18)19)8-3-4-9-15/h5-7H,3-4,8-9H2,1-2H3,(H,18,19). The molecule has 0 saturated heterocycles. The Morgan fingerprint density at radius 3 is 2.45 bits per heavy atom. The highest BCUT2D eigenvalue weighted by Gasteiger charge is 2.44. The molecule has 1 saturated carbocycles. The van der Waals surface area contributed by atoms with Crippen molar-refractivity contribution in [1.82, 2.24) is 9.13 Å². The first-order chi connectivity index (χ1) is 9.49. The van der Waals surface area contributed by atoms with Gasteiger partial charge in [0.2, 0.25) is 0 Å². The minimum absolute atomic E-state index is 0.119. The number of hydrogen-bond acceptors (Lipinski definition) is 2. The van der Waals surface area contributed by atoms with E-state index < -0.39 is 11.4 Å². The molecule has 0 bridgehead atoms. The Balaban J connectivity index is 2.40. The van der Waals surface area contributed by atoms with E-state index in [1.807, 2.05) is 18.2 Å². The number of benzene rings is 1. The van der Waals surface area contributed by atoms with Gasteiger partial charge in [-0.1, -0.05) is 25.0 Å². The summed E-state index contributed by atoms with van der Waals surface area (Å²) in [4.78, 5) is 24.0. The summed E-state index contributed by atoms with van der Waals surface area (Å²) in [5.74, 6) is -0.779. The van der Waals surface area contributed by atoms with Crippen LogP contribution >= 0.6 is 0 Å². The molecule has 0 aliphatic heterocycles. The number of aliphatic carboxylic acids is 1. The molecule has 0 atom stereocenters. The van der Waals surface area contributed by atoms with Crippen LogP contribution in [0.4, 0.5) is 0 Å². The van der Waals surface area contributed by atoms with Gasteiger partial charge in [0.1, 0.15) is 0 Å². The van der Waals surface area contributed by atoms with Gasteiger partial charge in [-0.05, 0) is 24.5 Å². The number of carboxylic acids is 1. The third-order valence-corrected chi connectivity index (χ3v) is 4.67. The second-order valence-corrected chi connectivity index (χ2v) is 5.67. The summed E-state index contributed by atoms with van der Waals surface area (Å²) in [6.07, 6.45) is 3.13. The molecule has 5 nitrogen and oxygen atoms in total. The number of rotatable bonds is 2. The molecule has 1 aromatic carbocycles. The molecule has 0 unspecified atom stereocenters. The maximum absolute atomic E-state index is 12.1. The van der Waals surface area contributed by atoms with Crippen molar-refractivity contribution in [2.24, 2.45) is 14.1 Å². The maximum Gasteiger partial charge on any atom is 0.328 e. The monoisotopic (exact) mass is 274 g/mol. The van der Waals surface area contributed by atoms with E-state index >= 15 is 0 Å². The van der Waals surface area contributed by atoms with Crippen LogP contribution in [0.25, 0.3) is 11.0 Å². The second kappa shape index (κ2) is 4.23. The van der Waals surface area contributed by atoms with Gasteiger partial charge in [0.25, 0.3) is 0 Å². The summed E-state index contributed by atoms with van der Waals surface area (Å²) in [6.45, 7) is 0. The highest BCUT2D eigenvalue weighted by molar-refractivity contribution is 5.90. The van der Waals surface area contributed by atoms with Crippen molar-refractivity contribution in [3.63, 3.8) is 0 Å². The minimum atomic E-state index is -0.842. The van der Waals surface area contributed by atoms with Crippen molar-refractivity contribution in [1.29, 1.82) is 0 Å². The Morgan fingerprint density at radius 1 is 1.20 bits per heavy atom. The van der Waals surface area contributed by atoms with Crippen LogP contribution in [0.1, 0.15) is 31.2 Å². The van der Waals surface area contributed by atoms with E-state index in [0.717, 1.165) is 29.4 Å². The fraction of sp³-hybridized carbons (Fsp3) is 0.467. The molecule has 1 aliphatic rings. The number of carbonyl (C=O) groups is 1. The third-order valence-electron chi connectivity index (χ3n) is 4.67. The van der Waals surface area contributed by atoms with Crippen molar-refractivity contribution in [3.05, 3.63) is 34.2 Å². The van der Waals surface area contributed by atoms with Crippen molar-refractivity contribution in [2.75, 3.05) is 0 Å². The number of aryl methyl sites for hydroxylation is 2. The van der Waals surface area contributed by atoms with Crippen LogP contribution in [0.5, 0.6) is 0 Å². The van der Waals surface area contributed by atoms with Gasteiger partial charge in [-0.2, -0.15) is 0 Å². The van der Waals surface area contributed by atoms with Crippen molar-refractivity contribution in [3.8, 4) is 0 Å². The van der Waals surface area contributed by atoms with Crippen molar-refractivity contribution >= 4 is 17.0 Å². The van der Waals surface area contributed by atoms with Gasteiger partial charge < -0.3 is 5.11 Å². The zero-order chi connectivity index (χ0) is 14.5. The molecule has 1 fully saturated rings. The number of nitrogens with zero attached hydrogens (tertiary/aromatic N) is 2. The lowest BCUT2D eigenvalue weighted by molar-refractivity contribution is -0.143. The predicted octanol–water partition coefficient (Wildman–Crippen LogP) is 1.77. The van der Waals surface area contributed by atoms with Gasteiger partial charge in [-0.25, -0.2) is 4.79 Å². The fourth-order valence-electron chi connectivity index (χ4n) is 3.54. The molecule has 1 heterocycles. The van der Waals surface area contributed by atoms with Crippen LogP contribution < -0.4 is 5.69 Å². The zero-order valence-electron chi connectivity index (χ0n) is 11.7. The predicted molar refractivity (Wildman–Crippen MR) is 75.9 cm³/mol. The average Bonchev–Trinajstić information content (AvgIpc) is 3.01. The number of para-hydroxylation sites is 1. The SMILES string of the molecule is Cn1c(=O)n(C)c2c(C3(C(=O)O)CCCC3)cccc21. The van der Waals surface area contributed by atoms with Gasteiger partial charge in [0.15, 0.2) is 0 Å². The zero-order valence-corrected chi connectivity index (χ0v) is 11.7. The lowest BCUT2D eigenvalue weighted by Crippen LogP contribution is -2.33. The van der Waals surface area contributed by atoms with E-state index in [2.05, 4.69) is 0 Å². The summed E-state index contributed by atoms with van der Waals surface area (Å²) in [6, 6.07) is 5.58. The summed E-state index contributed by atoms with van der Waals surface area (Å²) >= 11 is 0. The Kier molecular flexibility index (Phi) is 2.74. The molecular formula is C15H18N2O3. The van der Waals surface area contributed by atoms with E-state index in [1.54, 1.807) is 23.2 Å². The smallest absolute Gasteiger partial charge is 0.328 e. The Morgan fingerprint density at radius 2 is 1.85 bits per heavy atom. The number of aromatic nitrogens is 2. The number of hydrogen-bond donors (Lipinski definition) is 1. The first-order valence-electron chi connectivity index (χ1n) is 6.87. The molecule has 1 aliphatic carbocycles. The first kappa shape index (κ1) is 13.0. The van der Waals surface area contributed by atoms with Crippen LogP contribution in [0.3, 0.4) is 0 Å². The number of fused-ring (bicyclic) bond motifs is 1. The van der Waals surface area contributed by atoms with Crippen LogP contribution in [0, 0.1) is 0 Å². The highest BCUT2D eigenvalue weighted by atomic mass is 16.4. The van der Waals surface area contributed by atoms with Gasteiger partial charge >= 0.3 is 11.7 Å². The molecule has 0 amide bonds. The summed E-state index contributed by atoms with van der Waals surface area (Å²) < 4.78 is 3.14. The number of imidazole rings is 1. The van der Waals surface area contributed by atoms with Crippen LogP contribution in [0.15, 0.2) is 23.0 Å². The molecule has 106 valence electrons. The van der Waals surface area contributed by atoms with E-state index in [1.165, 1.54) is 0 Å². The van der Waals surface area contributed by atoms with Crippen LogP contribution in [-0.4, -0.2) is 20.2 Å². The Hall–Kier alpha value is -2.04. The first-order valence-corrected chi connectivity index (χ1v) is 6.87. The minimum Gasteiger partial charge on any atom is -0.481 e. The molecule has 0 radical (unpaired) electrons. The average molecular weight is 274 g/mol. The van der Waals surface area contributed by atoms with Crippen molar-refractivity contribution < 1.29 is 9.90 Å². The molecule has 0 spiro atoms. The molecule has 1 N–H and O–H groups in total. The molecule has 5 heteroatoms. The van der Waals surface area contributed by atoms with Crippen LogP contribution in [-0.2, 0) is 24.3 Å². The van der Waals surface area contributed by atoms with Crippen molar-refractivity contribution in [2.45, 2.75) is 31.1 Å². The van der Waals surface area contributed by atoms with Gasteiger partial charge in [0.05, 0.1) is 16.4 Å². The third kappa shape index (κ3) is 1.49.